The van der Waals surface area contributed by atoms with Crippen molar-refractivity contribution in [1.29, 1.82) is 5.26 Å². The molecule has 2 aromatic carbocycles. The van der Waals surface area contributed by atoms with E-state index in [4.69, 9.17) is 0 Å². The third-order valence-corrected chi connectivity index (χ3v) is 7.26. The molecule has 1 fully saturated rings. The summed E-state index contributed by atoms with van der Waals surface area (Å²) in [6.07, 6.45) is 3.19. The fourth-order valence-electron chi connectivity index (χ4n) is 5.24. The number of rotatable bonds is 7. The Balaban J connectivity index is 1.50. The van der Waals surface area contributed by atoms with Crippen LogP contribution in [0.25, 0.3) is 22.0 Å². The Bertz CT molecular complexity index is 1690. The number of carbonyl (C=O) groups is 1. The fraction of sp³-hybridized carbons (Fsp3) is 0.321. The van der Waals surface area contributed by atoms with Crippen LogP contribution in [0.3, 0.4) is 0 Å². The molecule has 0 spiro atoms. The number of nitriles is 1. The van der Waals surface area contributed by atoms with Crippen molar-refractivity contribution in [3.8, 4) is 22.9 Å². The Morgan fingerprint density at radius 3 is 2.59 bits per heavy atom. The maximum absolute atomic E-state index is 13.1. The second-order valence-electron chi connectivity index (χ2n) is 9.68. The predicted molar refractivity (Wildman–Crippen MR) is 146 cm³/mol. The molecule has 0 aliphatic carbocycles. The van der Waals surface area contributed by atoms with Crippen molar-refractivity contribution < 1.29 is 23.4 Å². The van der Waals surface area contributed by atoms with Gasteiger partial charge in [-0.25, -0.2) is 9.97 Å². The smallest absolute Gasteiger partial charge is 0.387 e. The maximum Gasteiger partial charge on any atom is 0.387 e. The van der Waals surface area contributed by atoms with Gasteiger partial charge in [0.2, 0.25) is 11.9 Å². The van der Waals surface area contributed by atoms with E-state index >= 15 is 0 Å². The number of alkyl halides is 2. The van der Waals surface area contributed by atoms with Gasteiger partial charge in [0.15, 0.2) is 0 Å². The van der Waals surface area contributed by atoms with Gasteiger partial charge in [0.25, 0.3) is 5.56 Å². The zero-order chi connectivity index (χ0) is 29.3. The van der Waals surface area contributed by atoms with E-state index < -0.39 is 13.2 Å². The number of carbonyl (C=O) groups excluding carboxylic acids is 1. The molecule has 0 unspecified atom stereocenters. The van der Waals surface area contributed by atoms with Crippen LogP contribution in [0.4, 0.5) is 14.7 Å². The average Bonchev–Trinajstić information content (AvgIpc) is 3.21. The third kappa shape index (κ3) is 5.21. The molecule has 0 saturated carbocycles. The molecule has 1 aliphatic rings. The number of benzene rings is 2. The number of fused-ring (bicyclic) bond motifs is 1. The monoisotopic (exact) mass is 563 g/mol. The topological polar surface area (TPSA) is 130 Å². The highest BCUT2D eigenvalue weighted by Gasteiger charge is 2.28. The summed E-state index contributed by atoms with van der Waals surface area (Å²) < 4.78 is 33.6. The zero-order valence-corrected chi connectivity index (χ0v) is 22.4. The molecule has 3 heterocycles. The number of aliphatic hydroxyl groups is 1. The molecule has 5 rings (SSSR count). The van der Waals surface area contributed by atoms with Crippen molar-refractivity contribution >= 4 is 22.8 Å². The van der Waals surface area contributed by atoms with E-state index in [2.05, 4.69) is 20.8 Å². The van der Waals surface area contributed by atoms with Crippen molar-refractivity contribution in [3.63, 3.8) is 0 Å². The van der Waals surface area contributed by atoms with E-state index in [0.29, 0.717) is 53.2 Å². The fourth-order valence-corrected chi connectivity index (χ4v) is 5.24. The average molecular weight is 564 g/mol. The largest absolute Gasteiger partial charge is 0.434 e. The summed E-state index contributed by atoms with van der Waals surface area (Å²) in [7, 11) is 1.55. The lowest BCUT2D eigenvalue weighted by molar-refractivity contribution is -0.136. The van der Waals surface area contributed by atoms with E-state index in [1.54, 1.807) is 59.4 Å². The summed E-state index contributed by atoms with van der Waals surface area (Å²) in [6.45, 7) is -0.231. The van der Waals surface area contributed by atoms with Gasteiger partial charge < -0.3 is 19.6 Å². The number of hydrogen-bond donors (Lipinski definition) is 1. The van der Waals surface area contributed by atoms with E-state index in [1.807, 2.05) is 11.8 Å². The normalized spacial score (nSPS) is 15.4. The lowest BCUT2D eigenvalue weighted by Crippen LogP contribution is -2.55. The Kier molecular flexibility index (Phi) is 7.67. The zero-order valence-electron chi connectivity index (χ0n) is 22.4. The number of anilines is 1. The van der Waals surface area contributed by atoms with Gasteiger partial charge in [0, 0.05) is 61.8 Å². The molecule has 4 aromatic rings. The minimum absolute atomic E-state index is 0.00858. The van der Waals surface area contributed by atoms with Crippen molar-refractivity contribution in [1.82, 2.24) is 24.2 Å². The quantitative estimate of drug-likeness (QED) is 0.363. The minimum atomic E-state index is -3.01. The van der Waals surface area contributed by atoms with Crippen molar-refractivity contribution in [2.75, 3.05) is 31.1 Å². The Labute approximate surface area is 233 Å². The van der Waals surface area contributed by atoms with Gasteiger partial charge in [-0.15, -0.1) is 0 Å². The van der Waals surface area contributed by atoms with Gasteiger partial charge in [-0.3, -0.25) is 19.0 Å². The van der Waals surface area contributed by atoms with Crippen LogP contribution in [0, 0.1) is 11.3 Å². The minimum Gasteiger partial charge on any atom is -0.434 e. The molecule has 11 nitrogen and oxygen atoms in total. The first kappa shape index (κ1) is 27.7. The number of amides is 1. The first-order valence-corrected chi connectivity index (χ1v) is 12.9. The van der Waals surface area contributed by atoms with Crippen LogP contribution in [-0.2, 0) is 18.4 Å². The van der Waals surface area contributed by atoms with Crippen LogP contribution in [0.2, 0.25) is 0 Å². The molecule has 0 bridgehead atoms. The van der Waals surface area contributed by atoms with Gasteiger partial charge in [-0.2, -0.15) is 14.0 Å². The summed E-state index contributed by atoms with van der Waals surface area (Å²) in [5, 5.41) is 19.7. The van der Waals surface area contributed by atoms with Crippen LogP contribution in [0.5, 0.6) is 5.75 Å². The lowest BCUT2D eigenvalue weighted by atomic mass is 10.00. The van der Waals surface area contributed by atoms with Crippen LogP contribution < -0.4 is 15.2 Å². The molecule has 1 saturated heterocycles. The van der Waals surface area contributed by atoms with Gasteiger partial charge in [0.1, 0.15) is 18.4 Å². The lowest BCUT2D eigenvalue weighted by Gasteiger charge is -2.39. The van der Waals surface area contributed by atoms with Gasteiger partial charge in [-0.1, -0.05) is 24.3 Å². The molecule has 2 aromatic heterocycles. The summed E-state index contributed by atoms with van der Waals surface area (Å²) in [5.74, 6) is 0.118. The molecule has 1 amide bonds. The summed E-state index contributed by atoms with van der Waals surface area (Å²) in [6, 6.07) is 11.7. The van der Waals surface area contributed by atoms with Crippen molar-refractivity contribution in [2.24, 2.45) is 7.05 Å². The number of halogens is 2. The third-order valence-electron chi connectivity index (χ3n) is 7.26. The molecular formula is C28H27F2N7O4. The molecular weight excluding hydrogens is 536 g/mol. The Morgan fingerprint density at radius 1 is 1.20 bits per heavy atom. The SMILES string of the molecule is C[C@@H]1CN(c2ncc(-c3ccc4c(=O)n(C)n(Cc5ccccc5OC(F)F)c4c3C#N)cn2)CCN1C(=O)CO. The highest BCUT2D eigenvalue weighted by atomic mass is 19.3. The first-order valence-electron chi connectivity index (χ1n) is 12.9. The van der Waals surface area contributed by atoms with E-state index in [0.717, 1.165) is 0 Å². The summed E-state index contributed by atoms with van der Waals surface area (Å²) >= 11 is 0. The van der Waals surface area contributed by atoms with Crippen LogP contribution in [-0.4, -0.2) is 74.1 Å². The number of nitrogens with zero attached hydrogens (tertiary/aromatic N) is 7. The molecule has 1 atom stereocenters. The standard InChI is InChI=1S/C28H27F2N7O4/c1-17-14-35(9-10-36(17)24(39)16-38)28-32-12-19(13-33-28)20-7-8-21-25(22(20)11-31)37(34(2)26(21)40)15-18-5-3-4-6-23(18)41-27(29)30/h3-8,12-13,17,27,38H,9-10,14-16H2,1-2H3/t17-/m1/s1. The highest BCUT2D eigenvalue weighted by molar-refractivity contribution is 5.91. The molecule has 13 heteroatoms. The number of aliphatic hydroxyl groups excluding tert-OH is 1. The highest BCUT2D eigenvalue weighted by Crippen LogP contribution is 2.31. The van der Waals surface area contributed by atoms with E-state index in [-0.39, 0.29) is 35.4 Å². The first-order chi connectivity index (χ1) is 19.7. The second-order valence-corrected chi connectivity index (χ2v) is 9.68. The maximum atomic E-state index is 13.1. The van der Waals surface area contributed by atoms with Gasteiger partial charge in [-0.05, 0) is 19.1 Å². The Hall–Kier alpha value is -4.83. The number of ether oxygens (including phenoxy) is 1. The van der Waals surface area contributed by atoms with Gasteiger partial charge in [0.05, 0.1) is 23.0 Å². The summed E-state index contributed by atoms with van der Waals surface area (Å²) in [5.41, 5.74) is 1.71. The number of aromatic nitrogens is 4. The van der Waals surface area contributed by atoms with Crippen LogP contribution >= 0.6 is 0 Å². The molecule has 0 radical (unpaired) electrons. The Morgan fingerprint density at radius 2 is 1.93 bits per heavy atom. The van der Waals surface area contributed by atoms with Crippen molar-refractivity contribution in [2.45, 2.75) is 26.1 Å². The number of hydrogen-bond acceptors (Lipinski definition) is 8. The molecule has 41 heavy (non-hydrogen) atoms. The molecule has 1 N–H and O–H groups in total. The van der Waals surface area contributed by atoms with Crippen molar-refractivity contribution in [3.05, 3.63) is 70.3 Å². The van der Waals surface area contributed by atoms with Gasteiger partial charge >= 0.3 is 6.61 Å². The molecule has 212 valence electrons. The summed E-state index contributed by atoms with van der Waals surface area (Å²) in [4.78, 5) is 37.6. The molecule has 1 aliphatic heterocycles. The van der Waals surface area contributed by atoms with E-state index in [1.165, 1.54) is 10.7 Å². The number of para-hydroxylation sites is 1. The predicted octanol–water partition coefficient (Wildman–Crippen LogP) is 2.35. The van der Waals surface area contributed by atoms with Crippen LogP contribution in [0.1, 0.15) is 18.1 Å². The van der Waals surface area contributed by atoms with Crippen LogP contribution in [0.15, 0.2) is 53.6 Å². The second kappa shape index (κ2) is 11.3. The van der Waals surface area contributed by atoms with E-state index in [9.17, 15) is 28.7 Å². The number of piperazine rings is 1.